The summed E-state index contributed by atoms with van der Waals surface area (Å²) in [7, 11) is 0. The Morgan fingerprint density at radius 2 is 1.82 bits per heavy atom. The number of pyridine rings is 1. The van der Waals surface area contributed by atoms with Crippen molar-refractivity contribution in [2.75, 3.05) is 0 Å². The van der Waals surface area contributed by atoms with Crippen LogP contribution in [-0.4, -0.2) is 9.55 Å². The maximum absolute atomic E-state index is 4.13. The van der Waals surface area contributed by atoms with Crippen LogP contribution in [0.3, 0.4) is 0 Å². The van der Waals surface area contributed by atoms with Gasteiger partial charge < -0.3 is 4.57 Å². The van der Waals surface area contributed by atoms with Crippen molar-refractivity contribution in [1.82, 2.24) is 9.55 Å². The molecule has 118 valence electrons. The van der Waals surface area contributed by atoms with E-state index in [-0.39, 0.29) is 0 Å². The van der Waals surface area contributed by atoms with Crippen LogP contribution in [0, 0.1) is 16.7 Å². The molecule has 0 saturated carbocycles. The Balaban J connectivity index is 2.01. The monoisotopic (exact) mass is 296 g/mol. The highest BCUT2D eigenvalue weighted by atomic mass is 15.0. The maximum Gasteiger partial charge on any atom is 0.0482 e. The van der Waals surface area contributed by atoms with Crippen LogP contribution in [0.2, 0.25) is 0 Å². The summed E-state index contributed by atoms with van der Waals surface area (Å²) in [6, 6.07) is 6.51. The van der Waals surface area contributed by atoms with Crippen molar-refractivity contribution in [3.8, 4) is 5.69 Å². The Bertz CT molecular complexity index is 646. The molecule has 2 aromatic heterocycles. The van der Waals surface area contributed by atoms with Crippen LogP contribution in [-0.2, 0) is 12.8 Å². The first kappa shape index (κ1) is 15.3. The zero-order valence-electron chi connectivity index (χ0n) is 14.6. The zero-order chi connectivity index (χ0) is 16.0. The van der Waals surface area contributed by atoms with Crippen molar-refractivity contribution in [3.63, 3.8) is 0 Å². The van der Waals surface area contributed by atoms with E-state index in [1.54, 1.807) is 0 Å². The quantitative estimate of drug-likeness (QED) is 0.758. The van der Waals surface area contributed by atoms with Gasteiger partial charge in [-0.1, -0.05) is 34.6 Å². The van der Waals surface area contributed by atoms with E-state index in [0.29, 0.717) is 16.7 Å². The van der Waals surface area contributed by atoms with Gasteiger partial charge in [0.15, 0.2) is 0 Å². The van der Waals surface area contributed by atoms with Crippen molar-refractivity contribution >= 4 is 0 Å². The summed E-state index contributed by atoms with van der Waals surface area (Å²) in [4.78, 5) is 4.13. The summed E-state index contributed by atoms with van der Waals surface area (Å²) in [5, 5.41) is 0. The molecule has 1 aliphatic rings. The van der Waals surface area contributed by atoms with Gasteiger partial charge in [0.25, 0.3) is 0 Å². The van der Waals surface area contributed by atoms with Crippen molar-refractivity contribution < 1.29 is 0 Å². The third-order valence-electron chi connectivity index (χ3n) is 5.94. The van der Waals surface area contributed by atoms with E-state index >= 15 is 0 Å². The molecule has 0 spiro atoms. The van der Waals surface area contributed by atoms with Gasteiger partial charge in [-0.15, -0.1) is 0 Å². The highest BCUT2D eigenvalue weighted by molar-refractivity contribution is 5.39. The SMILES string of the molecule is CC(C)C1(C(C)(C)C)CCc2c(ccn2-c2ccncc2)C1. The predicted molar refractivity (Wildman–Crippen MR) is 92.3 cm³/mol. The highest BCUT2D eigenvalue weighted by Gasteiger charge is 2.46. The third-order valence-corrected chi connectivity index (χ3v) is 5.94. The van der Waals surface area contributed by atoms with Gasteiger partial charge in [0, 0.05) is 30.0 Å². The van der Waals surface area contributed by atoms with E-state index in [0.717, 1.165) is 0 Å². The van der Waals surface area contributed by atoms with Crippen LogP contribution in [0.25, 0.3) is 5.69 Å². The normalized spacial score (nSPS) is 21.9. The second-order valence-electron chi connectivity index (χ2n) is 8.10. The Kier molecular flexibility index (Phi) is 3.66. The molecule has 2 aromatic rings. The maximum atomic E-state index is 4.13. The van der Waals surface area contributed by atoms with Crippen LogP contribution >= 0.6 is 0 Å². The van der Waals surface area contributed by atoms with Gasteiger partial charge in [-0.3, -0.25) is 4.98 Å². The lowest BCUT2D eigenvalue weighted by Crippen LogP contribution is -2.44. The average Bonchev–Trinajstić information content (AvgIpc) is 2.89. The lowest BCUT2D eigenvalue weighted by atomic mass is 9.54. The van der Waals surface area contributed by atoms with Crippen LogP contribution in [0.15, 0.2) is 36.8 Å². The van der Waals surface area contributed by atoms with E-state index in [1.165, 1.54) is 36.2 Å². The van der Waals surface area contributed by atoms with E-state index < -0.39 is 0 Å². The lowest BCUT2D eigenvalue weighted by molar-refractivity contribution is 0.0144. The molecular formula is C20H28N2. The Labute approximate surface area is 134 Å². The summed E-state index contributed by atoms with van der Waals surface area (Å²) >= 11 is 0. The van der Waals surface area contributed by atoms with Gasteiger partial charge in [-0.2, -0.15) is 0 Å². The van der Waals surface area contributed by atoms with Crippen LogP contribution in [0.5, 0.6) is 0 Å². The van der Waals surface area contributed by atoms with Crippen LogP contribution in [0.4, 0.5) is 0 Å². The lowest BCUT2D eigenvalue weighted by Gasteiger charge is -2.51. The average molecular weight is 296 g/mol. The molecule has 1 atom stereocenters. The van der Waals surface area contributed by atoms with Crippen molar-refractivity contribution in [3.05, 3.63) is 48.0 Å². The van der Waals surface area contributed by atoms with Gasteiger partial charge in [0.05, 0.1) is 0 Å². The van der Waals surface area contributed by atoms with E-state index in [2.05, 4.69) is 68.6 Å². The fourth-order valence-electron chi connectivity index (χ4n) is 4.46. The molecule has 2 nitrogen and oxygen atoms in total. The number of fused-ring (bicyclic) bond motifs is 1. The molecule has 0 fully saturated rings. The molecule has 0 N–H and O–H groups in total. The molecule has 22 heavy (non-hydrogen) atoms. The molecule has 2 heterocycles. The van der Waals surface area contributed by atoms with Gasteiger partial charge in [-0.05, 0) is 59.8 Å². The molecule has 0 amide bonds. The second-order valence-corrected chi connectivity index (χ2v) is 8.10. The molecule has 0 aliphatic heterocycles. The Morgan fingerprint density at radius 1 is 1.14 bits per heavy atom. The molecule has 3 rings (SSSR count). The van der Waals surface area contributed by atoms with Gasteiger partial charge in [0.2, 0.25) is 0 Å². The highest BCUT2D eigenvalue weighted by Crippen LogP contribution is 2.53. The number of hydrogen-bond donors (Lipinski definition) is 0. The largest absolute Gasteiger partial charge is 0.321 e. The first-order valence-corrected chi connectivity index (χ1v) is 8.45. The van der Waals surface area contributed by atoms with Gasteiger partial charge >= 0.3 is 0 Å². The summed E-state index contributed by atoms with van der Waals surface area (Å²) in [6.45, 7) is 12.0. The molecular weight excluding hydrogens is 268 g/mol. The minimum atomic E-state index is 0.331. The van der Waals surface area contributed by atoms with Gasteiger partial charge in [0.1, 0.15) is 0 Å². The van der Waals surface area contributed by atoms with Crippen molar-refractivity contribution in [2.24, 2.45) is 16.7 Å². The fraction of sp³-hybridized carbons (Fsp3) is 0.550. The fourth-order valence-corrected chi connectivity index (χ4v) is 4.46. The van der Waals surface area contributed by atoms with Crippen molar-refractivity contribution in [2.45, 2.75) is 53.9 Å². The minimum Gasteiger partial charge on any atom is -0.321 e. The molecule has 0 aromatic carbocycles. The second kappa shape index (κ2) is 5.26. The van der Waals surface area contributed by atoms with Crippen LogP contribution < -0.4 is 0 Å². The number of nitrogens with zero attached hydrogens (tertiary/aromatic N) is 2. The smallest absolute Gasteiger partial charge is 0.0482 e. The minimum absolute atomic E-state index is 0.331. The third kappa shape index (κ3) is 2.29. The number of rotatable bonds is 2. The van der Waals surface area contributed by atoms with E-state index in [9.17, 15) is 0 Å². The molecule has 1 unspecified atom stereocenters. The first-order chi connectivity index (χ1) is 10.3. The van der Waals surface area contributed by atoms with Gasteiger partial charge in [-0.25, -0.2) is 0 Å². The summed E-state index contributed by atoms with van der Waals surface area (Å²) in [6.07, 6.45) is 9.62. The number of aromatic nitrogens is 2. The molecule has 0 saturated heterocycles. The molecule has 1 aliphatic carbocycles. The summed E-state index contributed by atoms with van der Waals surface area (Å²) in [5.74, 6) is 0.699. The summed E-state index contributed by atoms with van der Waals surface area (Å²) < 4.78 is 2.35. The summed E-state index contributed by atoms with van der Waals surface area (Å²) in [5.41, 5.74) is 4.98. The van der Waals surface area contributed by atoms with E-state index in [1.807, 2.05) is 12.4 Å². The molecule has 0 bridgehead atoms. The van der Waals surface area contributed by atoms with Crippen molar-refractivity contribution in [1.29, 1.82) is 0 Å². The standard InChI is InChI=1S/C20H28N2/c1-15(2)20(19(3,4)5)10-6-18-16(14-20)9-13-22(18)17-7-11-21-12-8-17/h7-9,11-13,15H,6,10,14H2,1-5H3. The topological polar surface area (TPSA) is 17.8 Å². The Morgan fingerprint density at radius 3 is 2.41 bits per heavy atom. The predicted octanol–water partition coefficient (Wildman–Crippen LogP) is 5.05. The Hall–Kier alpha value is -1.57. The number of hydrogen-bond acceptors (Lipinski definition) is 1. The first-order valence-electron chi connectivity index (χ1n) is 8.45. The van der Waals surface area contributed by atoms with Crippen LogP contribution in [0.1, 0.15) is 52.3 Å². The molecule has 2 heteroatoms. The van der Waals surface area contributed by atoms with E-state index in [4.69, 9.17) is 0 Å². The molecule has 0 radical (unpaired) electrons. The zero-order valence-corrected chi connectivity index (χ0v) is 14.6.